The van der Waals surface area contributed by atoms with Crippen LogP contribution in [0.2, 0.25) is 0 Å². The molecule has 2 N–H and O–H groups in total. The first-order valence-corrected chi connectivity index (χ1v) is 7.08. The van der Waals surface area contributed by atoms with Crippen LogP contribution in [0, 0.1) is 11.3 Å². The molecule has 1 fully saturated rings. The van der Waals surface area contributed by atoms with E-state index in [-0.39, 0.29) is 0 Å². The van der Waals surface area contributed by atoms with E-state index in [4.69, 9.17) is 5.26 Å². The van der Waals surface area contributed by atoms with Crippen molar-refractivity contribution >= 4 is 10.9 Å². The summed E-state index contributed by atoms with van der Waals surface area (Å²) in [5.74, 6) is 0. The van der Waals surface area contributed by atoms with E-state index >= 15 is 0 Å². The Morgan fingerprint density at radius 1 is 1.42 bits per heavy atom. The van der Waals surface area contributed by atoms with Gasteiger partial charge in [-0.1, -0.05) is 13.0 Å². The van der Waals surface area contributed by atoms with E-state index in [1.54, 1.807) is 0 Å². The van der Waals surface area contributed by atoms with E-state index in [0.29, 0.717) is 6.04 Å². The number of benzene rings is 1. The Morgan fingerprint density at radius 3 is 2.89 bits per heavy atom. The van der Waals surface area contributed by atoms with Crippen LogP contribution in [0.4, 0.5) is 0 Å². The van der Waals surface area contributed by atoms with E-state index in [1.807, 2.05) is 12.1 Å². The molecule has 0 aliphatic carbocycles. The van der Waals surface area contributed by atoms with E-state index in [1.165, 1.54) is 36.0 Å². The number of fused-ring (bicyclic) bond motifs is 1. The van der Waals surface area contributed by atoms with Crippen LogP contribution >= 0.6 is 0 Å². The van der Waals surface area contributed by atoms with Gasteiger partial charge in [-0.15, -0.1) is 0 Å². The predicted octanol–water partition coefficient (Wildman–Crippen LogP) is 2.90. The molecule has 0 amide bonds. The van der Waals surface area contributed by atoms with Crippen molar-refractivity contribution in [2.45, 2.75) is 38.6 Å². The van der Waals surface area contributed by atoms with Crippen LogP contribution in [0.5, 0.6) is 0 Å². The van der Waals surface area contributed by atoms with Crippen LogP contribution in [0.25, 0.3) is 10.9 Å². The smallest absolute Gasteiger partial charge is 0.0992 e. The van der Waals surface area contributed by atoms with Gasteiger partial charge in [-0.05, 0) is 49.9 Å². The van der Waals surface area contributed by atoms with E-state index in [2.05, 4.69) is 29.4 Å². The second kappa shape index (κ2) is 5.07. The molecule has 3 heteroatoms. The van der Waals surface area contributed by atoms with Crippen LogP contribution < -0.4 is 5.32 Å². The highest BCUT2D eigenvalue weighted by Crippen LogP contribution is 2.25. The molecule has 1 aliphatic heterocycles. The van der Waals surface area contributed by atoms with Gasteiger partial charge in [-0.25, -0.2) is 0 Å². The van der Waals surface area contributed by atoms with Crippen LogP contribution in [0.1, 0.15) is 36.6 Å². The molecule has 0 bridgehead atoms. The molecule has 2 heterocycles. The van der Waals surface area contributed by atoms with Gasteiger partial charge >= 0.3 is 0 Å². The molecule has 1 saturated heterocycles. The molecule has 1 aromatic heterocycles. The molecular formula is C16H19N3. The van der Waals surface area contributed by atoms with Gasteiger partial charge < -0.3 is 10.3 Å². The standard InChI is InChI=1S/C16H19N3/c1-2-13-14-5-3-11(10-17)9-16(14)19-15(13)6-4-12-7-8-18-12/h3,5,9,12,18-19H,2,4,6-8H2,1H3/t12-/m0/s1. The monoisotopic (exact) mass is 253 g/mol. The van der Waals surface area contributed by atoms with Crippen molar-refractivity contribution in [2.24, 2.45) is 0 Å². The topological polar surface area (TPSA) is 51.6 Å². The van der Waals surface area contributed by atoms with Crippen molar-refractivity contribution < 1.29 is 0 Å². The minimum atomic E-state index is 0.700. The summed E-state index contributed by atoms with van der Waals surface area (Å²) in [6.07, 6.45) is 4.64. The molecule has 3 rings (SSSR count). The molecule has 0 saturated carbocycles. The maximum Gasteiger partial charge on any atom is 0.0992 e. The predicted molar refractivity (Wildman–Crippen MR) is 77.1 cm³/mol. The quantitative estimate of drug-likeness (QED) is 0.880. The zero-order valence-corrected chi connectivity index (χ0v) is 11.3. The van der Waals surface area contributed by atoms with Gasteiger partial charge in [0.05, 0.1) is 11.6 Å². The Kier molecular flexibility index (Phi) is 3.27. The Morgan fingerprint density at radius 2 is 2.26 bits per heavy atom. The third kappa shape index (κ3) is 2.24. The highest BCUT2D eigenvalue weighted by Gasteiger charge is 2.17. The van der Waals surface area contributed by atoms with Crippen LogP contribution in [0.15, 0.2) is 18.2 Å². The van der Waals surface area contributed by atoms with Crippen molar-refractivity contribution in [3.05, 3.63) is 35.0 Å². The van der Waals surface area contributed by atoms with Gasteiger partial charge in [-0.3, -0.25) is 0 Å². The molecule has 3 nitrogen and oxygen atoms in total. The normalized spacial score (nSPS) is 18.2. The second-order valence-electron chi connectivity index (χ2n) is 5.29. The zero-order valence-electron chi connectivity index (χ0n) is 11.3. The molecule has 0 spiro atoms. The van der Waals surface area contributed by atoms with Gasteiger partial charge in [0.2, 0.25) is 0 Å². The van der Waals surface area contributed by atoms with Crippen molar-refractivity contribution in [2.75, 3.05) is 6.54 Å². The number of nitrogens with zero attached hydrogens (tertiary/aromatic N) is 1. The lowest BCUT2D eigenvalue weighted by Gasteiger charge is -2.27. The first-order valence-electron chi connectivity index (χ1n) is 7.08. The number of nitrogens with one attached hydrogen (secondary N) is 2. The highest BCUT2D eigenvalue weighted by molar-refractivity contribution is 5.85. The third-order valence-electron chi connectivity index (χ3n) is 4.15. The lowest BCUT2D eigenvalue weighted by molar-refractivity contribution is 0.350. The number of aromatic nitrogens is 1. The average molecular weight is 253 g/mol. The number of aryl methyl sites for hydroxylation is 2. The van der Waals surface area contributed by atoms with E-state index < -0.39 is 0 Å². The molecule has 2 aromatic rings. The summed E-state index contributed by atoms with van der Waals surface area (Å²) in [5, 5.41) is 13.7. The molecule has 19 heavy (non-hydrogen) atoms. The van der Waals surface area contributed by atoms with Gasteiger partial charge in [-0.2, -0.15) is 5.26 Å². The molecule has 0 unspecified atom stereocenters. The summed E-state index contributed by atoms with van der Waals surface area (Å²) < 4.78 is 0. The number of H-pyrrole nitrogens is 1. The van der Waals surface area contributed by atoms with E-state index in [0.717, 1.165) is 23.9 Å². The number of hydrogen-bond acceptors (Lipinski definition) is 2. The lowest BCUT2D eigenvalue weighted by atomic mass is 9.98. The summed E-state index contributed by atoms with van der Waals surface area (Å²) in [5.41, 5.74) is 4.59. The third-order valence-corrected chi connectivity index (χ3v) is 4.15. The fourth-order valence-electron chi connectivity index (χ4n) is 2.91. The molecular weight excluding hydrogens is 234 g/mol. The zero-order chi connectivity index (χ0) is 13.2. The van der Waals surface area contributed by atoms with Crippen LogP contribution in [0.3, 0.4) is 0 Å². The fourth-order valence-corrected chi connectivity index (χ4v) is 2.91. The number of rotatable bonds is 4. The summed E-state index contributed by atoms with van der Waals surface area (Å²) in [6, 6.07) is 8.85. The SMILES string of the molecule is CCc1c(CC[C@H]2CCN2)[nH]c2cc(C#N)ccc12. The Labute approximate surface area is 113 Å². The molecule has 98 valence electrons. The second-order valence-corrected chi connectivity index (χ2v) is 5.29. The Balaban J connectivity index is 1.91. The number of hydrogen-bond donors (Lipinski definition) is 2. The van der Waals surface area contributed by atoms with E-state index in [9.17, 15) is 0 Å². The van der Waals surface area contributed by atoms with Gasteiger partial charge in [0.1, 0.15) is 0 Å². The van der Waals surface area contributed by atoms with Crippen molar-refractivity contribution in [1.82, 2.24) is 10.3 Å². The number of aromatic amines is 1. The van der Waals surface area contributed by atoms with Crippen molar-refractivity contribution in [3.8, 4) is 6.07 Å². The van der Waals surface area contributed by atoms with Crippen molar-refractivity contribution in [3.63, 3.8) is 0 Å². The molecule has 1 atom stereocenters. The fraction of sp³-hybridized carbons (Fsp3) is 0.438. The summed E-state index contributed by atoms with van der Waals surface area (Å²) in [7, 11) is 0. The average Bonchev–Trinajstić information content (AvgIpc) is 2.73. The number of nitriles is 1. The minimum absolute atomic E-state index is 0.700. The highest BCUT2D eigenvalue weighted by atomic mass is 15.0. The van der Waals surface area contributed by atoms with Gasteiger partial charge in [0.15, 0.2) is 0 Å². The van der Waals surface area contributed by atoms with Gasteiger partial charge in [0, 0.05) is 22.6 Å². The summed E-state index contributed by atoms with van der Waals surface area (Å²) in [6.45, 7) is 3.37. The summed E-state index contributed by atoms with van der Waals surface area (Å²) in [4.78, 5) is 3.51. The first kappa shape index (κ1) is 12.3. The maximum atomic E-state index is 8.97. The van der Waals surface area contributed by atoms with Crippen LogP contribution in [-0.4, -0.2) is 17.6 Å². The molecule has 1 aliphatic rings. The lowest BCUT2D eigenvalue weighted by Crippen LogP contribution is -2.42. The largest absolute Gasteiger partial charge is 0.358 e. The minimum Gasteiger partial charge on any atom is -0.358 e. The molecule has 0 radical (unpaired) electrons. The molecule has 1 aromatic carbocycles. The maximum absolute atomic E-state index is 8.97. The van der Waals surface area contributed by atoms with Crippen LogP contribution in [-0.2, 0) is 12.8 Å². The Hall–Kier alpha value is -1.79. The summed E-state index contributed by atoms with van der Waals surface area (Å²) >= 11 is 0. The van der Waals surface area contributed by atoms with Gasteiger partial charge in [0.25, 0.3) is 0 Å². The Bertz CT molecular complexity index is 629. The first-order chi connectivity index (χ1) is 9.31. The van der Waals surface area contributed by atoms with Crippen molar-refractivity contribution in [1.29, 1.82) is 5.26 Å².